The zero-order valence-corrected chi connectivity index (χ0v) is 20.3. The van der Waals surface area contributed by atoms with Crippen LogP contribution >= 0.6 is 0 Å². The van der Waals surface area contributed by atoms with Gasteiger partial charge < -0.3 is 24.8 Å². The average molecular weight is 507 g/mol. The molecule has 0 atom stereocenters. The zero-order valence-electron chi connectivity index (χ0n) is 16.4. The van der Waals surface area contributed by atoms with Crippen molar-refractivity contribution in [3.63, 3.8) is 0 Å². The van der Waals surface area contributed by atoms with Crippen molar-refractivity contribution < 1.29 is 46.1 Å². The molecule has 4 aromatic carbocycles. The summed E-state index contributed by atoms with van der Waals surface area (Å²) in [7, 11) is 0. The fourth-order valence-corrected chi connectivity index (χ4v) is 12.5. The first-order valence-electron chi connectivity index (χ1n) is 9.90. The Kier molecular flexibility index (Phi) is 6.00. The van der Waals surface area contributed by atoms with Crippen LogP contribution in [0.4, 0.5) is 0 Å². The monoisotopic (exact) mass is 504 g/mol. The van der Waals surface area contributed by atoms with Gasteiger partial charge in [0.1, 0.15) is 0 Å². The van der Waals surface area contributed by atoms with Gasteiger partial charge in [0.05, 0.1) is 0 Å². The summed E-state index contributed by atoms with van der Waals surface area (Å²) in [5.74, 6) is 0. The fourth-order valence-electron chi connectivity index (χ4n) is 5.28. The molecule has 0 unspecified atom stereocenters. The van der Waals surface area contributed by atoms with Crippen molar-refractivity contribution in [2.75, 3.05) is 0 Å². The van der Waals surface area contributed by atoms with Gasteiger partial charge in [-0.1, -0.05) is 0 Å². The summed E-state index contributed by atoms with van der Waals surface area (Å²) in [6, 6.07) is 36.0. The van der Waals surface area contributed by atoms with Crippen LogP contribution in [0.1, 0.15) is 29.5 Å². The van der Waals surface area contributed by atoms with Gasteiger partial charge >= 0.3 is 174 Å². The normalized spacial score (nSPS) is 13.0. The van der Waals surface area contributed by atoms with E-state index in [1.54, 1.807) is 0 Å². The Morgan fingerprint density at radius 3 is 0.933 bits per heavy atom. The second kappa shape index (κ2) is 8.39. The van der Waals surface area contributed by atoms with Crippen LogP contribution in [-0.4, -0.2) is 4.21 Å². The summed E-state index contributed by atoms with van der Waals surface area (Å²) in [4.78, 5) is 0. The molecule has 0 bridgehead atoms. The molecule has 0 radical (unpaired) electrons. The van der Waals surface area contributed by atoms with Crippen LogP contribution in [0.2, 0.25) is 0 Å². The van der Waals surface area contributed by atoms with E-state index in [4.69, 9.17) is 4.21 Å². The molecule has 30 heavy (non-hydrogen) atoms. The summed E-state index contributed by atoms with van der Waals surface area (Å²) in [6.07, 6.45) is 0. The van der Waals surface area contributed by atoms with E-state index in [2.05, 4.69) is 97.1 Å². The maximum absolute atomic E-state index is 4.99. The maximum Gasteiger partial charge on any atom is -1.00 e. The van der Waals surface area contributed by atoms with Crippen molar-refractivity contribution in [1.82, 2.24) is 0 Å². The van der Waals surface area contributed by atoms with Gasteiger partial charge in [0.15, 0.2) is 0 Å². The average Bonchev–Trinajstić information content (AvgIpc) is 3.27. The standard InChI is InChI=1S/2C13H9.CH2.2ClH.Zr/c2*1-3-7-12-10(5-1)9-11-6-2-4-8-13(11)12;;;;/h2*1-9H;1H2;2*1H;/q;;;;;+2/p-2. The molecule has 0 saturated heterocycles. The third kappa shape index (κ3) is 3.03. The fraction of sp³-hybridized carbons (Fsp3) is 0.0741. The van der Waals surface area contributed by atoms with Crippen LogP contribution in [0, 0.1) is 0 Å². The third-order valence-electron chi connectivity index (χ3n) is 6.41. The van der Waals surface area contributed by atoms with Crippen molar-refractivity contribution in [2.24, 2.45) is 0 Å². The molecule has 0 saturated carbocycles. The molecule has 0 fully saturated rings. The van der Waals surface area contributed by atoms with Crippen LogP contribution in [0.5, 0.6) is 0 Å². The minimum Gasteiger partial charge on any atom is -1.00 e. The van der Waals surface area contributed by atoms with Crippen LogP contribution in [0.25, 0.3) is 22.3 Å². The number of fused-ring (bicyclic) bond motifs is 6. The van der Waals surface area contributed by atoms with Gasteiger partial charge in [-0.2, -0.15) is 0 Å². The van der Waals surface area contributed by atoms with E-state index >= 15 is 0 Å². The summed E-state index contributed by atoms with van der Waals surface area (Å²) in [5, 5.41) is 0. The molecule has 0 amide bonds. The predicted molar refractivity (Wildman–Crippen MR) is 115 cm³/mol. The summed E-state index contributed by atoms with van der Waals surface area (Å²) < 4.78 is 6.02. The van der Waals surface area contributed by atoms with E-state index in [0.717, 1.165) is 0 Å². The molecule has 2 aliphatic rings. The maximum atomic E-state index is 4.99. The van der Waals surface area contributed by atoms with Crippen molar-refractivity contribution in [3.8, 4) is 22.3 Å². The molecule has 0 N–H and O–H groups in total. The van der Waals surface area contributed by atoms with Gasteiger partial charge in [-0.05, 0) is 0 Å². The number of rotatable bonds is 2. The van der Waals surface area contributed by atoms with E-state index in [-0.39, 0.29) is 24.8 Å². The van der Waals surface area contributed by atoms with Gasteiger partial charge in [-0.3, -0.25) is 0 Å². The Bertz CT molecular complexity index is 1070. The van der Waals surface area contributed by atoms with E-state index < -0.39 is 21.3 Å². The predicted octanol–water partition coefficient (Wildman–Crippen LogP) is 0.585. The Morgan fingerprint density at radius 2 is 0.667 bits per heavy atom. The summed E-state index contributed by atoms with van der Waals surface area (Å²) >= 11 is -2.23. The molecule has 0 spiro atoms. The molecule has 0 aliphatic heterocycles. The van der Waals surface area contributed by atoms with Crippen LogP contribution in [0.15, 0.2) is 97.1 Å². The van der Waals surface area contributed by atoms with E-state index in [0.29, 0.717) is 7.25 Å². The van der Waals surface area contributed by atoms with Crippen molar-refractivity contribution in [2.45, 2.75) is 7.25 Å². The largest absolute Gasteiger partial charge is 1.00 e. The SMILES string of the molecule is [CH2]=[Zr+2]([CH]1c2ccccc2-c2ccccc21)[CH]1c2ccccc2-c2ccccc21.[Cl-].[Cl-]. The second-order valence-corrected chi connectivity index (χ2v) is 13.5. The Hall–Kier alpha value is -1.79. The molecular weight excluding hydrogens is 486 g/mol. The molecule has 146 valence electrons. The number of hydrogen-bond acceptors (Lipinski definition) is 0. The molecule has 0 heterocycles. The van der Waals surface area contributed by atoms with Crippen LogP contribution in [-0.2, 0) is 21.3 Å². The number of hydrogen-bond donors (Lipinski definition) is 0. The smallest absolute Gasteiger partial charge is 1.00 e. The molecule has 4 aromatic rings. The van der Waals surface area contributed by atoms with Crippen molar-refractivity contribution in [3.05, 3.63) is 119 Å². The second-order valence-electron chi connectivity index (χ2n) is 7.79. The molecule has 6 rings (SSSR count). The first kappa shape index (κ1) is 21.4. The first-order chi connectivity index (χ1) is 13.8. The third-order valence-corrected chi connectivity index (χ3v) is 13.1. The van der Waals surface area contributed by atoms with Crippen LogP contribution < -0.4 is 24.8 Å². The van der Waals surface area contributed by atoms with Crippen molar-refractivity contribution in [1.29, 1.82) is 0 Å². The Labute approximate surface area is 198 Å². The molecule has 3 heteroatoms. The molecule has 0 aromatic heterocycles. The molecule has 0 nitrogen and oxygen atoms in total. The first-order valence-corrected chi connectivity index (χ1v) is 14.5. The minimum absolute atomic E-state index is 0. The quantitative estimate of drug-likeness (QED) is 0.374. The van der Waals surface area contributed by atoms with E-state index in [1.807, 2.05) is 0 Å². The Balaban J connectivity index is 0.00000109. The molecule has 2 aliphatic carbocycles. The van der Waals surface area contributed by atoms with Crippen molar-refractivity contribution >= 4 is 4.21 Å². The number of benzene rings is 4. The minimum atomic E-state index is -2.23. The van der Waals surface area contributed by atoms with Gasteiger partial charge in [0, 0.05) is 0 Å². The molecular formula is C27H20Cl2Zr. The van der Waals surface area contributed by atoms with E-state index in [1.165, 1.54) is 44.5 Å². The Morgan fingerprint density at radius 1 is 0.433 bits per heavy atom. The topological polar surface area (TPSA) is 0 Å². The summed E-state index contributed by atoms with van der Waals surface area (Å²) in [6.45, 7) is 0. The van der Waals surface area contributed by atoms with E-state index in [9.17, 15) is 0 Å². The number of halogens is 2. The zero-order chi connectivity index (χ0) is 18.7. The summed E-state index contributed by atoms with van der Waals surface area (Å²) in [5.41, 5.74) is 11.7. The van der Waals surface area contributed by atoms with Gasteiger partial charge in [-0.25, -0.2) is 0 Å². The van der Waals surface area contributed by atoms with Crippen LogP contribution in [0.3, 0.4) is 0 Å². The van der Waals surface area contributed by atoms with Gasteiger partial charge in [0.2, 0.25) is 0 Å². The van der Waals surface area contributed by atoms with Gasteiger partial charge in [0.25, 0.3) is 0 Å². The van der Waals surface area contributed by atoms with Gasteiger partial charge in [-0.15, -0.1) is 0 Å².